The number of hydrogen-bond donors (Lipinski definition) is 0. The van der Waals surface area contributed by atoms with Gasteiger partial charge in [0.25, 0.3) is 0 Å². The monoisotopic (exact) mass is 956 g/mol. The number of benzene rings is 9. The molecule has 4 heterocycles. The Kier molecular flexibility index (Phi) is 9.49. The minimum Gasteiger partial charge on any atom is -0.456 e. The molecule has 348 valence electrons. The van der Waals surface area contributed by atoms with E-state index in [1.165, 1.54) is 91.5 Å². The van der Waals surface area contributed by atoms with Gasteiger partial charge in [-0.05, 0) is 102 Å². The van der Waals surface area contributed by atoms with E-state index >= 15 is 0 Å². The van der Waals surface area contributed by atoms with Crippen LogP contribution < -0.4 is 15.5 Å². The Morgan fingerprint density at radius 1 is 0.521 bits per heavy atom. The van der Waals surface area contributed by atoms with E-state index in [2.05, 4.69) is 242 Å². The Bertz CT molecular complexity index is 4560. The summed E-state index contributed by atoms with van der Waals surface area (Å²) >= 11 is 1.92. The summed E-state index contributed by atoms with van der Waals surface area (Å²) in [4.78, 5) is 2.42. The quantitative estimate of drug-likeness (QED) is 0.160. The molecule has 5 heteroatoms. The van der Waals surface area contributed by atoms with E-state index in [9.17, 15) is 0 Å². The molecule has 73 heavy (non-hydrogen) atoms. The number of aromatic nitrogens is 1. The first-order chi connectivity index (χ1) is 36.0. The number of thiophene rings is 1. The fraction of sp³-hybridized carbons (Fsp3) is 0.0882. The van der Waals surface area contributed by atoms with Crippen LogP contribution in [0.1, 0.15) is 37.3 Å². The summed E-state index contributed by atoms with van der Waals surface area (Å²) in [6, 6.07) is 72.8. The zero-order chi connectivity index (χ0) is 48.3. The Morgan fingerprint density at radius 3 is 1.97 bits per heavy atom. The van der Waals surface area contributed by atoms with Crippen molar-refractivity contribution in [2.75, 3.05) is 4.90 Å². The van der Waals surface area contributed by atoms with Crippen LogP contribution in [0, 0.1) is 11.8 Å². The Balaban J connectivity index is 0.840. The molecule has 0 N–H and O–H groups in total. The van der Waals surface area contributed by atoms with Gasteiger partial charge in [0.05, 0.1) is 11.0 Å². The maximum Gasteiger partial charge on any atom is 0.139 e. The zero-order valence-corrected chi connectivity index (χ0v) is 41.2. The van der Waals surface area contributed by atoms with Crippen molar-refractivity contribution in [1.29, 1.82) is 0 Å². The molecule has 4 nitrogen and oxygen atoms in total. The number of nitrogens with zero attached hydrogens (tertiary/aromatic N) is 2. The third kappa shape index (κ3) is 6.58. The molecule has 0 saturated carbocycles. The average molecular weight is 957 g/mol. The van der Waals surface area contributed by atoms with Crippen molar-refractivity contribution < 1.29 is 8.83 Å². The van der Waals surface area contributed by atoms with Crippen molar-refractivity contribution in [1.82, 2.24) is 4.57 Å². The van der Waals surface area contributed by atoms with Gasteiger partial charge in [0, 0.05) is 92.1 Å². The molecule has 4 aromatic heterocycles. The highest BCUT2D eigenvalue weighted by Gasteiger charge is 2.27. The van der Waals surface area contributed by atoms with Gasteiger partial charge in [-0.3, -0.25) is 0 Å². The largest absolute Gasteiger partial charge is 0.456 e. The third-order valence-electron chi connectivity index (χ3n) is 15.6. The maximum atomic E-state index is 6.59. The van der Waals surface area contributed by atoms with Gasteiger partial charge in [0.2, 0.25) is 0 Å². The minimum atomic E-state index is 0.150. The van der Waals surface area contributed by atoms with Gasteiger partial charge < -0.3 is 18.3 Å². The molecule has 3 atom stereocenters. The standard InChI is InChI=1S/C68H48N2O2S/c1-41-38-58(66-59(39-41)52-17-8-11-25-63(52)72-66)44-28-32-47(33-29-44)69(48-34-35-49(42(2)40-48)53-20-13-21-54-51-16-7-10-24-62(51)71-65(53)54)46-30-26-43(27-31-46)50-19-12-22-55-56-36-37-61-64(68(56)73-67(50)55)57-18-6-9-23-60(57)70(61)45-14-4-3-5-15-45/h3-37,39-42,49H,38H2,1-2H3. The molecular weight excluding hydrogens is 909 g/mol. The van der Waals surface area contributed by atoms with Crippen LogP contribution in [0.3, 0.4) is 0 Å². The van der Waals surface area contributed by atoms with Gasteiger partial charge >= 0.3 is 0 Å². The van der Waals surface area contributed by atoms with Gasteiger partial charge in [0.15, 0.2) is 0 Å². The number of allylic oxidation sites excluding steroid dienone is 3. The molecule has 0 spiro atoms. The van der Waals surface area contributed by atoms with E-state index in [-0.39, 0.29) is 11.8 Å². The van der Waals surface area contributed by atoms with Crippen molar-refractivity contribution in [2.24, 2.45) is 11.8 Å². The Morgan fingerprint density at radius 2 is 1.18 bits per heavy atom. The Labute approximate surface area is 426 Å². The normalized spacial score (nSPS) is 16.8. The van der Waals surface area contributed by atoms with E-state index in [0.717, 1.165) is 51.0 Å². The van der Waals surface area contributed by atoms with Crippen LogP contribution in [0.2, 0.25) is 0 Å². The average Bonchev–Trinajstić information content (AvgIpc) is 4.22. The number of furan rings is 2. The van der Waals surface area contributed by atoms with E-state index in [0.29, 0.717) is 5.92 Å². The molecule has 2 aliphatic carbocycles. The van der Waals surface area contributed by atoms with Crippen molar-refractivity contribution in [3.05, 3.63) is 246 Å². The summed E-state index contributed by atoms with van der Waals surface area (Å²) in [6.07, 6.45) is 10.4. The molecular formula is C68H48N2O2S. The number of hydrogen-bond acceptors (Lipinski definition) is 4. The molecule has 15 rings (SSSR count). The molecule has 0 aliphatic heterocycles. The smallest absolute Gasteiger partial charge is 0.139 e. The lowest BCUT2D eigenvalue weighted by molar-refractivity contribution is 0.563. The molecule has 0 saturated heterocycles. The van der Waals surface area contributed by atoms with Crippen LogP contribution >= 0.6 is 11.3 Å². The van der Waals surface area contributed by atoms with Gasteiger partial charge in [-0.1, -0.05) is 172 Å². The zero-order valence-electron chi connectivity index (χ0n) is 40.4. The predicted molar refractivity (Wildman–Crippen MR) is 307 cm³/mol. The number of anilines is 2. The van der Waals surface area contributed by atoms with Gasteiger partial charge in [-0.15, -0.1) is 11.3 Å². The SMILES string of the molecule is CC1C=c2c(oc3ccccc23)=C(c2ccc(N(C3=CC(C)C(c4cccc5c4oc4ccccc45)C=C3)c3ccc(-c4cccc5c4sc4c5ccc5c4c4ccccc4n5-c4ccccc4)cc3)cc2)C1. The van der Waals surface area contributed by atoms with E-state index in [1.807, 2.05) is 17.4 Å². The van der Waals surface area contributed by atoms with Crippen LogP contribution in [-0.2, 0) is 0 Å². The second-order valence-corrected chi connectivity index (χ2v) is 21.1. The first kappa shape index (κ1) is 42.1. The van der Waals surface area contributed by atoms with Crippen LogP contribution in [0.15, 0.2) is 233 Å². The minimum absolute atomic E-state index is 0.150. The number of para-hydroxylation sites is 5. The highest BCUT2D eigenvalue weighted by Crippen LogP contribution is 2.47. The Hall–Kier alpha value is -8.64. The summed E-state index contributed by atoms with van der Waals surface area (Å²) < 4.78 is 18.2. The highest BCUT2D eigenvalue weighted by molar-refractivity contribution is 7.27. The van der Waals surface area contributed by atoms with E-state index in [1.54, 1.807) is 0 Å². The summed E-state index contributed by atoms with van der Waals surface area (Å²) in [5.41, 5.74) is 16.9. The van der Waals surface area contributed by atoms with Crippen LogP contribution in [0.4, 0.5) is 11.4 Å². The van der Waals surface area contributed by atoms with Gasteiger partial charge in [-0.25, -0.2) is 0 Å². The molecule has 3 unspecified atom stereocenters. The summed E-state index contributed by atoms with van der Waals surface area (Å²) in [7, 11) is 0. The second kappa shape index (κ2) is 16.5. The van der Waals surface area contributed by atoms with Crippen LogP contribution in [0.5, 0.6) is 0 Å². The molecule has 0 amide bonds. The van der Waals surface area contributed by atoms with Crippen LogP contribution in [-0.4, -0.2) is 4.57 Å². The summed E-state index contributed by atoms with van der Waals surface area (Å²) in [5, 5.41) is 9.90. The van der Waals surface area contributed by atoms with Crippen LogP contribution in [0.25, 0.3) is 103 Å². The topological polar surface area (TPSA) is 34.5 Å². The summed E-state index contributed by atoms with van der Waals surface area (Å²) in [5.74, 6) is 0.745. The number of rotatable bonds is 7. The van der Waals surface area contributed by atoms with Gasteiger partial charge in [0.1, 0.15) is 22.2 Å². The first-order valence-electron chi connectivity index (χ1n) is 25.5. The highest BCUT2D eigenvalue weighted by atomic mass is 32.1. The van der Waals surface area contributed by atoms with Gasteiger partial charge in [-0.2, -0.15) is 0 Å². The molecule has 13 aromatic rings. The fourth-order valence-electron chi connectivity index (χ4n) is 12.3. The lowest BCUT2D eigenvalue weighted by Crippen LogP contribution is -2.29. The fourth-order valence-corrected chi connectivity index (χ4v) is 13.7. The molecule has 2 aliphatic rings. The van der Waals surface area contributed by atoms with E-state index < -0.39 is 0 Å². The summed E-state index contributed by atoms with van der Waals surface area (Å²) in [6.45, 7) is 4.64. The van der Waals surface area contributed by atoms with Crippen molar-refractivity contribution in [3.63, 3.8) is 0 Å². The molecule has 0 bridgehead atoms. The molecule has 0 radical (unpaired) electrons. The number of fused-ring (bicyclic) bond motifs is 13. The second-order valence-electron chi connectivity index (χ2n) is 20.1. The first-order valence-corrected chi connectivity index (χ1v) is 26.3. The molecule has 0 fully saturated rings. The lowest BCUT2D eigenvalue weighted by Gasteiger charge is -2.31. The van der Waals surface area contributed by atoms with E-state index in [4.69, 9.17) is 8.83 Å². The molecule has 9 aromatic carbocycles. The van der Waals surface area contributed by atoms with Crippen molar-refractivity contribution in [2.45, 2.75) is 26.2 Å². The lowest BCUT2D eigenvalue weighted by atomic mass is 9.82. The predicted octanol–water partition coefficient (Wildman–Crippen LogP) is 17.5. The third-order valence-corrected chi connectivity index (χ3v) is 16.9. The van der Waals surface area contributed by atoms with Crippen molar-refractivity contribution >= 4 is 109 Å². The van der Waals surface area contributed by atoms with Crippen molar-refractivity contribution in [3.8, 4) is 16.8 Å². The maximum absolute atomic E-state index is 6.59.